The van der Waals surface area contributed by atoms with Crippen molar-refractivity contribution >= 4 is 6.16 Å². The maximum Gasteiger partial charge on any atom is 0.505 e. The molecule has 0 aromatic heterocycles. The van der Waals surface area contributed by atoms with Crippen LogP contribution in [0.5, 0.6) is 11.5 Å². The van der Waals surface area contributed by atoms with Gasteiger partial charge in [0.2, 0.25) is 0 Å². The number of carboxylic acid groups (broad SMARTS) is 1. The summed E-state index contributed by atoms with van der Waals surface area (Å²) in [5, 5.41) is 17.6. The topological polar surface area (TPSA) is 85.2 Å². The van der Waals surface area contributed by atoms with Gasteiger partial charge in [-0.1, -0.05) is 12.1 Å². The lowest BCUT2D eigenvalue weighted by atomic mass is 10.3. The van der Waals surface area contributed by atoms with Crippen LogP contribution in [-0.2, 0) is 4.74 Å². The molecule has 0 amide bonds. The Labute approximate surface area is 98.3 Å². The Morgan fingerprint density at radius 2 is 1.94 bits per heavy atom. The van der Waals surface area contributed by atoms with Gasteiger partial charge in [-0.15, -0.1) is 0 Å². The first kappa shape index (κ1) is 13.1. The molecule has 0 bridgehead atoms. The minimum absolute atomic E-state index is 0.0757. The summed E-state index contributed by atoms with van der Waals surface area (Å²) in [7, 11) is 1.51. The van der Waals surface area contributed by atoms with Gasteiger partial charge in [-0.25, -0.2) is 4.79 Å². The lowest BCUT2D eigenvalue weighted by Crippen LogP contribution is -2.24. The molecule has 0 aliphatic heterocycles. The maximum absolute atomic E-state index is 10.1. The van der Waals surface area contributed by atoms with Crippen LogP contribution in [0.2, 0.25) is 0 Å². The average molecular weight is 242 g/mol. The molecule has 0 heterocycles. The van der Waals surface area contributed by atoms with E-state index in [1.165, 1.54) is 7.11 Å². The predicted octanol–water partition coefficient (Wildman–Crippen LogP) is 1.13. The van der Waals surface area contributed by atoms with Crippen LogP contribution in [0.25, 0.3) is 0 Å². The fourth-order valence-electron chi connectivity index (χ4n) is 1.14. The average Bonchev–Trinajstić information content (AvgIpc) is 2.34. The van der Waals surface area contributed by atoms with Crippen molar-refractivity contribution in [3.8, 4) is 11.5 Å². The van der Waals surface area contributed by atoms with Crippen molar-refractivity contribution in [1.29, 1.82) is 0 Å². The van der Waals surface area contributed by atoms with Gasteiger partial charge >= 0.3 is 6.16 Å². The molecular weight excluding hydrogens is 228 g/mol. The first-order chi connectivity index (χ1) is 8.13. The van der Waals surface area contributed by atoms with Crippen LogP contribution in [-0.4, -0.2) is 42.8 Å². The number of aliphatic hydroxyl groups is 1. The van der Waals surface area contributed by atoms with E-state index in [1.807, 2.05) is 0 Å². The molecule has 94 valence electrons. The standard InChI is InChI=1S/C11H14O6/c1-15-9-4-2-3-5-10(9)16-6-8(12)7-17-11(13)14/h2-5,8,12H,6-7H2,1H3,(H,13,14). The molecular formula is C11H14O6. The van der Waals surface area contributed by atoms with Crippen molar-refractivity contribution in [2.24, 2.45) is 0 Å². The molecule has 0 aliphatic carbocycles. The Hall–Kier alpha value is -1.95. The Bertz CT molecular complexity index is 365. The summed E-state index contributed by atoms with van der Waals surface area (Å²) >= 11 is 0. The Morgan fingerprint density at radius 3 is 2.53 bits per heavy atom. The van der Waals surface area contributed by atoms with Gasteiger partial charge in [-0.05, 0) is 12.1 Å². The van der Waals surface area contributed by atoms with Gasteiger partial charge in [0, 0.05) is 0 Å². The molecule has 1 atom stereocenters. The first-order valence-electron chi connectivity index (χ1n) is 4.93. The van der Waals surface area contributed by atoms with Crippen molar-refractivity contribution in [2.75, 3.05) is 20.3 Å². The number of methoxy groups -OCH3 is 1. The van der Waals surface area contributed by atoms with Crippen LogP contribution in [0.1, 0.15) is 0 Å². The van der Waals surface area contributed by atoms with Gasteiger partial charge in [-0.3, -0.25) is 0 Å². The summed E-state index contributed by atoms with van der Waals surface area (Å²) in [6, 6.07) is 6.95. The van der Waals surface area contributed by atoms with Crippen molar-refractivity contribution in [2.45, 2.75) is 6.10 Å². The Kier molecular flexibility index (Phi) is 5.09. The summed E-state index contributed by atoms with van der Waals surface area (Å²) in [6.45, 7) is -0.405. The Balaban J connectivity index is 2.41. The van der Waals surface area contributed by atoms with Crippen molar-refractivity contribution < 1.29 is 29.2 Å². The number of carbonyl (C=O) groups is 1. The third-order valence-corrected chi connectivity index (χ3v) is 1.90. The minimum Gasteiger partial charge on any atom is -0.493 e. The van der Waals surface area contributed by atoms with Crippen LogP contribution in [0.4, 0.5) is 4.79 Å². The number of hydrogen-bond acceptors (Lipinski definition) is 5. The lowest BCUT2D eigenvalue weighted by Gasteiger charge is -2.13. The van der Waals surface area contributed by atoms with Crippen LogP contribution >= 0.6 is 0 Å². The molecule has 0 saturated carbocycles. The monoisotopic (exact) mass is 242 g/mol. The van der Waals surface area contributed by atoms with E-state index in [0.717, 1.165) is 0 Å². The minimum atomic E-state index is -1.43. The molecule has 2 N–H and O–H groups in total. The number of aliphatic hydroxyl groups excluding tert-OH is 1. The van der Waals surface area contributed by atoms with Crippen molar-refractivity contribution in [3.63, 3.8) is 0 Å². The summed E-state index contributed by atoms with van der Waals surface area (Å²) in [4.78, 5) is 10.1. The second-order valence-corrected chi connectivity index (χ2v) is 3.19. The molecule has 1 rings (SSSR count). The van der Waals surface area contributed by atoms with Crippen LogP contribution in [0, 0.1) is 0 Å². The van der Waals surface area contributed by atoms with Crippen molar-refractivity contribution in [3.05, 3.63) is 24.3 Å². The van der Waals surface area contributed by atoms with Crippen LogP contribution in [0.3, 0.4) is 0 Å². The second-order valence-electron chi connectivity index (χ2n) is 3.19. The van der Waals surface area contributed by atoms with E-state index in [0.29, 0.717) is 11.5 Å². The van der Waals surface area contributed by atoms with E-state index in [1.54, 1.807) is 24.3 Å². The zero-order valence-electron chi connectivity index (χ0n) is 9.33. The summed E-state index contributed by atoms with van der Waals surface area (Å²) in [5.74, 6) is 1.02. The molecule has 1 aromatic rings. The first-order valence-corrected chi connectivity index (χ1v) is 4.93. The third-order valence-electron chi connectivity index (χ3n) is 1.90. The quantitative estimate of drug-likeness (QED) is 0.727. The summed E-state index contributed by atoms with van der Waals surface area (Å²) in [6.07, 6.45) is -2.45. The number of hydrogen-bond donors (Lipinski definition) is 2. The molecule has 17 heavy (non-hydrogen) atoms. The maximum atomic E-state index is 10.1. The molecule has 1 aromatic carbocycles. The fraction of sp³-hybridized carbons (Fsp3) is 0.364. The highest BCUT2D eigenvalue weighted by Gasteiger charge is 2.10. The van der Waals surface area contributed by atoms with E-state index in [9.17, 15) is 9.90 Å². The second kappa shape index (κ2) is 6.59. The highest BCUT2D eigenvalue weighted by molar-refractivity contribution is 5.56. The zero-order chi connectivity index (χ0) is 12.7. The molecule has 6 heteroatoms. The van der Waals surface area contributed by atoms with Crippen molar-refractivity contribution in [1.82, 2.24) is 0 Å². The molecule has 0 radical (unpaired) electrons. The van der Waals surface area contributed by atoms with Gasteiger partial charge in [0.05, 0.1) is 7.11 Å². The molecule has 6 nitrogen and oxygen atoms in total. The number of para-hydroxylation sites is 2. The number of rotatable bonds is 6. The van der Waals surface area contributed by atoms with Crippen LogP contribution in [0.15, 0.2) is 24.3 Å². The highest BCUT2D eigenvalue weighted by Crippen LogP contribution is 2.25. The molecule has 1 unspecified atom stereocenters. The number of benzene rings is 1. The van der Waals surface area contributed by atoms with E-state index < -0.39 is 12.3 Å². The molecule has 0 fully saturated rings. The zero-order valence-corrected chi connectivity index (χ0v) is 9.33. The number of ether oxygens (including phenoxy) is 3. The fourth-order valence-corrected chi connectivity index (χ4v) is 1.14. The van der Waals surface area contributed by atoms with Gasteiger partial charge in [0.1, 0.15) is 19.3 Å². The molecule has 0 saturated heterocycles. The molecule has 0 spiro atoms. The smallest absolute Gasteiger partial charge is 0.493 e. The summed E-state index contributed by atoms with van der Waals surface area (Å²) < 4.78 is 14.5. The van der Waals surface area contributed by atoms with E-state index in [-0.39, 0.29) is 13.2 Å². The Morgan fingerprint density at radius 1 is 1.29 bits per heavy atom. The van der Waals surface area contributed by atoms with E-state index >= 15 is 0 Å². The normalized spacial score (nSPS) is 11.6. The van der Waals surface area contributed by atoms with E-state index in [4.69, 9.17) is 14.6 Å². The lowest BCUT2D eigenvalue weighted by molar-refractivity contribution is 0.0192. The highest BCUT2D eigenvalue weighted by atomic mass is 16.7. The van der Waals surface area contributed by atoms with Gasteiger partial charge < -0.3 is 24.4 Å². The van der Waals surface area contributed by atoms with Gasteiger partial charge in [0.15, 0.2) is 11.5 Å². The largest absolute Gasteiger partial charge is 0.505 e. The predicted molar refractivity (Wildman–Crippen MR) is 58.5 cm³/mol. The third kappa shape index (κ3) is 4.60. The SMILES string of the molecule is COc1ccccc1OCC(O)COC(=O)O. The van der Waals surface area contributed by atoms with Gasteiger partial charge in [-0.2, -0.15) is 0 Å². The molecule has 0 aliphatic rings. The summed E-state index contributed by atoms with van der Waals surface area (Å²) in [5.41, 5.74) is 0. The van der Waals surface area contributed by atoms with Crippen LogP contribution < -0.4 is 9.47 Å². The van der Waals surface area contributed by atoms with E-state index in [2.05, 4.69) is 4.74 Å². The van der Waals surface area contributed by atoms with Gasteiger partial charge in [0.25, 0.3) is 0 Å².